The number of methoxy groups -OCH3 is 1. The van der Waals surface area contributed by atoms with Crippen molar-refractivity contribution >= 4 is 11.9 Å². The summed E-state index contributed by atoms with van der Waals surface area (Å²) in [6, 6.07) is 0. The van der Waals surface area contributed by atoms with Crippen molar-refractivity contribution in [2.24, 2.45) is 5.41 Å². The molecule has 2 atom stereocenters. The Morgan fingerprint density at radius 2 is 2.10 bits per heavy atom. The average Bonchev–Trinajstić information content (AvgIpc) is 2.95. The Balaban J connectivity index is 1.84. The number of nitrogens with one attached hydrogen (secondary N) is 2. The first-order chi connectivity index (χ1) is 10.1. The summed E-state index contributed by atoms with van der Waals surface area (Å²) in [5.41, 5.74) is -0.481. The SMILES string of the molecule is COCC1(C(=O)NCC2CCC(C(=O)O)O2)CCNCC1. The summed E-state index contributed by atoms with van der Waals surface area (Å²) < 4.78 is 10.6. The monoisotopic (exact) mass is 300 g/mol. The van der Waals surface area contributed by atoms with Crippen molar-refractivity contribution in [1.82, 2.24) is 10.6 Å². The number of amides is 1. The second-order valence-corrected chi connectivity index (χ2v) is 5.84. The van der Waals surface area contributed by atoms with Crippen molar-refractivity contribution in [2.75, 3.05) is 33.4 Å². The minimum Gasteiger partial charge on any atom is -0.479 e. The molecule has 2 fully saturated rings. The third-order valence-electron chi connectivity index (χ3n) is 4.34. The van der Waals surface area contributed by atoms with Gasteiger partial charge in [-0.1, -0.05) is 0 Å². The fraction of sp³-hybridized carbons (Fsp3) is 0.857. The summed E-state index contributed by atoms with van der Waals surface area (Å²) in [4.78, 5) is 23.3. The van der Waals surface area contributed by atoms with Gasteiger partial charge < -0.3 is 25.2 Å². The molecular formula is C14H24N2O5. The van der Waals surface area contributed by atoms with Gasteiger partial charge in [0.1, 0.15) is 0 Å². The lowest BCUT2D eigenvalue weighted by Crippen LogP contribution is -2.51. The number of carboxylic acids is 1. The maximum absolute atomic E-state index is 12.5. The Morgan fingerprint density at radius 3 is 2.67 bits per heavy atom. The Bertz CT molecular complexity index is 376. The zero-order valence-electron chi connectivity index (χ0n) is 12.4. The molecule has 2 saturated heterocycles. The van der Waals surface area contributed by atoms with Crippen molar-refractivity contribution in [3.05, 3.63) is 0 Å². The van der Waals surface area contributed by atoms with E-state index in [0.717, 1.165) is 25.9 Å². The first-order valence-corrected chi connectivity index (χ1v) is 7.43. The van der Waals surface area contributed by atoms with E-state index in [4.69, 9.17) is 14.6 Å². The lowest BCUT2D eigenvalue weighted by molar-refractivity contribution is -0.149. The number of ether oxygens (including phenoxy) is 2. The Kier molecular flexibility index (Phi) is 5.55. The molecule has 0 aliphatic carbocycles. The van der Waals surface area contributed by atoms with Crippen molar-refractivity contribution in [2.45, 2.75) is 37.9 Å². The molecule has 2 aliphatic rings. The van der Waals surface area contributed by atoms with Crippen molar-refractivity contribution in [3.63, 3.8) is 0 Å². The first-order valence-electron chi connectivity index (χ1n) is 7.43. The summed E-state index contributed by atoms with van der Waals surface area (Å²) in [5, 5.41) is 15.0. The van der Waals surface area contributed by atoms with Crippen LogP contribution in [-0.4, -0.2) is 62.5 Å². The highest BCUT2D eigenvalue weighted by Crippen LogP contribution is 2.29. The van der Waals surface area contributed by atoms with Gasteiger partial charge in [-0.25, -0.2) is 4.79 Å². The number of hydrogen-bond donors (Lipinski definition) is 3. The van der Waals surface area contributed by atoms with Gasteiger partial charge in [0.2, 0.25) is 5.91 Å². The zero-order valence-corrected chi connectivity index (χ0v) is 12.4. The van der Waals surface area contributed by atoms with Crippen LogP contribution in [0.2, 0.25) is 0 Å². The van der Waals surface area contributed by atoms with Crippen molar-refractivity contribution < 1.29 is 24.2 Å². The molecule has 0 aromatic heterocycles. The summed E-state index contributed by atoms with van der Waals surface area (Å²) in [5.74, 6) is -0.953. The van der Waals surface area contributed by atoms with Gasteiger partial charge in [0.05, 0.1) is 18.1 Å². The van der Waals surface area contributed by atoms with E-state index in [-0.39, 0.29) is 12.0 Å². The third-order valence-corrected chi connectivity index (χ3v) is 4.34. The predicted octanol–water partition coefficient (Wildman–Crippen LogP) is -0.249. The molecule has 2 heterocycles. The van der Waals surface area contributed by atoms with Gasteiger partial charge in [-0.15, -0.1) is 0 Å². The summed E-state index contributed by atoms with van der Waals surface area (Å²) in [6.45, 7) is 2.38. The van der Waals surface area contributed by atoms with Crippen LogP contribution in [-0.2, 0) is 19.1 Å². The third kappa shape index (κ3) is 3.93. The van der Waals surface area contributed by atoms with Crippen LogP contribution in [0, 0.1) is 5.41 Å². The highest BCUT2D eigenvalue weighted by Gasteiger charge is 2.40. The highest BCUT2D eigenvalue weighted by atomic mass is 16.5. The van der Waals surface area contributed by atoms with E-state index in [2.05, 4.69) is 10.6 Å². The number of aliphatic carboxylic acids is 1. The van der Waals surface area contributed by atoms with E-state index in [1.807, 2.05) is 0 Å². The fourth-order valence-electron chi connectivity index (χ4n) is 3.05. The van der Waals surface area contributed by atoms with Gasteiger partial charge >= 0.3 is 5.97 Å². The number of carbonyl (C=O) groups is 2. The summed E-state index contributed by atoms with van der Waals surface area (Å²) in [6.07, 6.45) is 1.71. The molecule has 0 spiro atoms. The summed E-state index contributed by atoms with van der Waals surface area (Å²) >= 11 is 0. The van der Waals surface area contributed by atoms with Gasteiger partial charge in [-0.3, -0.25) is 4.79 Å². The van der Waals surface area contributed by atoms with Crippen LogP contribution in [0.3, 0.4) is 0 Å². The molecule has 2 aliphatic heterocycles. The largest absolute Gasteiger partial charge is 0.479 e. The molecule has 0 saturated carbocycles. The van der Waals surface area contributed by atoms with E-state index in [1.165, 1.54) is 0 Å². The van der Waals surface area contributed by atoms with E-state index >= 15 is 0 Å². The predicted molar refractivity (Wildman–Crippen MR) is 75.0 cm³/mol. The summed E-state index contributed by atoms with van der Waals surface area (Å²) in [7, 11) is 1.61. The number of carbonyl (C=O) groups excluding carboxylic acids is 1. The molecule has 0 bridgehead atoms. The first kappa shape index (κ1) is 16.2. The van der Waals surface area contributed by atoms with Crippen LogP contribution < -0.4 is 10.6 Å². The van der Waals surface area contributed by atoms with E-state index in [1.54, 1.807) is 7.11 Å². The lowest BCUT2D eigenvalue weighted by Gasteiger charge is -2.35. The van der Waals surface area contributed by atoms with Crippen LogP contribution in [0.5, 0.6) is 0 Å². The molecule has 7 nitrogen and oxygen atoms in total. The zero-order chi connectivity index (χ0) is 15.3. The quantitative estimate of drug-likeness (QED) is 0.626. The van der Waals surface area contributed by atoms with Crippen LogP contribution >= 0.6 is 0 Å². The van der Waals surface area contributed by atoms with Crippen LogP contribution in [0.1, 0.15) is 25.7 Å². The molecule has 3 N–H and O–H groups in total. The van der Waals surface area contributed by atoms with E-state index < -0.39 is 17.5 Å². The number of hydrogen-bond acceptors (Lipinski definition) is 5. The maximum atomic E-state index is 12.5. The molecule has 1 amide bonds. The van der Waals surface area contributed by atoms with E-state index in [9.17, 15) is 9.59 Å². The van der Waals surface area contributed by atoms with E-state index in [0.29, 0.717) is 26.0 Å². The molecule has 21 heavy (non-hydrogen) atoms. The Morgan fingerprint density at radius 1 is 1.38 bits per heavy atom. The molecule has 0 radical (unpaired) electrons. The molecule has 0 aromatic rings. The Hall–Kier alpha value is -1.18. The van der Waals surface area contributed by atoms with Gasteiger partial charge in [-0.05, 0) is 38.8 Å². The molecule has 7 heteroatoms. The van der Waals surface area contributed by atoms with Gasteiger partial charge in [0.15, 0.2) is 6.10 Å². The molecule has 0 aromatic carbocycles. The topological polar surface area (TPSA) is 96.9 Å². The highest BCUT2D eigenvalue weighted by molar-refractivity contribution is 5.83. The van der Waals surface area contributed by atoms with Crippen LogP contribution in [0.4, 0.5) is 0 Å². The number of piperidine rings is 1. The number of rotatable bonds is 6. The van der Waals surface area contributed by atoms with Crippen molar-refractivity contribution in [3.8, 4) is 0 Å². The minimum absolute atomic E-state index is 0.0202. The van der Waals surface area contributed by atoms with Gasteiger partial charge in [-0.2, -0.15) is 0 Å². The normalized spacial score (nSPS) is 28.2. The minimum atomic E-state index is -0.932. The second kappa shape index (κ2) is 7.20. The fourth-order valence-corrected chi connectivity index (χ4v) is 3.05. The molecule has 120 valence electrons. The second-order valence-electron chi connectivity index (χ2n) is 5.84. The molecular weight excluding hydrogens is 276 g/mol. The number of carboxylic acid groups (broad SMARTS) is 1. The van der Waals surface area contributed by atoms with Crippen LogP contribution in [0.15, 0.2) is 0 Å². The van der Waals surface area contributed by atoms with Gasteiger partial charge in [0.25, 0.3) is 0 Å². The Labute approximate surface area is 124 Å². The lowest BCUT2D eigenvalue weighted by atomic mass is 9.78. The molecule has 2 unspecified atom stereocenters. The maximum Gasteiger partial charge on any atom is 0.332 e. The molecule has 2 rings (SSSR count). The van der Waals surface area contributed by atoms with Crippen molar-refractivity contribution in [1.29, 1.82) is 0 Å². The van der Waals surface area contributed by atoms with Gasteiger partial charge in [0, 0.05) is 13.7 Å². The average molecular weight is 300 g/mol. The smallest absolute Gasteiger partial charge is 0.332 e. The standard InChI is InChI=1S/C14H24N2O5/c1-20-9-14(4-6-15-7-5-14)13(19)16-8-10-2-3-11(21-10)12(17)18/h10-11,15H,2-9H2,1H3,(H,16,19)(H,17,18). The van der Waals surface area contributed by atoms with Crippen LogP contribution in [0.25, 0.3) is 0 Å².